The molecule has 4 nitrogen and oxygen atoms in total. The van der Waals surface area contributed by atoms with Gasteiger partial charge in [0.1, 0.15) is 6.10 Å². The summed E-state index contributed by atoms with van der Waals surface area (Å²) in [5.41, 5.74) is 0.783. The van der Waals surface area contributed by atoms with Gasteiger partial charge in [0.25, 0.3) is 0 Å². The first-order valence-electron chi connectivity index (χ1n) is 8.08. The van der Waals surface area contributed by atoms with Crippen LogP contribution >= 0.6 is 0 Å². The first-order chi connectivity index (χ1) is 10.3. The van der Waals surface area contributed by atoms with Gasteiger partial charge in [-0.25, -0.2) is 4.79 Å². The van der Waals surface area contributed by atoms with Crippen LogP contribution in [-0.2, 0) is 4.74 Å². The molecular weight excluding hydrogens is 264 g/mol. The molecule has 0 bridgehead atoms. The molecule has 2 aliphatic rings. The molecule has 0 unspecified atom stereocenters. The summed E-state index contributed by atoms with van der Waals surface area (Å²) in [5, 5.41) is 2.78. The lowest BCUT2D eigenvalue weighted by Crippen LogP contribution is -2.43. The zero-order chi connectivity index (χ0) is 14.5. The number of amides is 1. The number of para-hydroxylation sites is 1. The van der Waals surface area contributed by atoms with Crippen LogP contribution in [0.15, 0.2) is 30.3 Å². The Morgan fingerprint density at radius 1 is 1.05 bits per heavy atom. The molecular formula is C17H24N2O2. The van der Waals surface area contributed by atoms with Crippen molar-refractivity contribution in [1.29, 1.82) is 0 Å². The fourth-order valence-corrected chi connectivity index (χ4v) is 3.45. The molecule has 4 heteroatoms. The number of hydrogen-bond acceptors (Lipinski definition) is 3. The summed E-state index contributed by atoms with van der Waals surface area (Å²) >= 11 is 0. The van der Waals surface area contributed by atoms with Gasteiger partial charge in [-0.15, -0.1) is 0 Å². The Hall–Kier alpha value is -1.55. The first kappa shape index (κ1) is 14.4. The highest BCUT2D eigenvalue weighted by molar-refractivity contribution is 5.84. The van der Waals surface area contributed by atoms with E-state index in [4.69, 9.17) is 4.74 Å². The van der Waals surface area contributed by atoms with Crippen molar-refractivity contribution in [2.75, 3.05) is 18.4 Å². The molecule has 1 saturated carbocycles. The van der Waals surface area contributed by atoms with Gasteiger partial charge in [0.2, 0.25) is 0 Å². The Labute approximate surface area is 126 Å². The molecule has 2 fully saturated rings. The van der Waals surface area contributed by atoms with Crippen molar-refractivity contribution in [2.24, 2.45) is 0 Å². The normalized spacial score (nSPS) is 21.3. The Morgan fingerprint density at radius 2 is 1.71 bits per heavy atom. The fourth-order valence-electron chi connectivity index (χ4n) is 3.45. The second-order valence-electron chi connectivity index (χ2n) is 6.07. The molecule has 0 radical (unpaired) electrons. The number of anilines is 1. The first-order valence-corrected chi connectivity index (χ1v) is 8.08. The molecule has 1 heterocycles. The number of hydrogen-bond donors (Lipinski definition) is 1. The molecule has 1 amide bonds. The Bertz CT molecular complexity index is 449. The van der Waals surface area contributed by atoms with Gasteiger partial charge < -0.3 is 9.64 Å². The third-order valence-electron chi connectivity index (χ3n) is 4.61. The highest BCUT2D eigenvalue weighted by Gasteiger charge is 2.28. The number of rotatable bonds is 3. The minimum atomic E-state index is -0.333. The second kappa shape index (κ2) is 6.94. The summed E-state index contributed by atoms with van der Waals surface area (Å²) in [7, 11) is 0. The van der Waals surface area contributed by atoms with Crippen molar-refractivity contribution in [3.63, 3.8) is 0 Å². The molecule has 1 saturated heterocycles. The van der Waals surface area contributed by atoms with E-state index in [1.54, 1.807) is 0 Å². The third kappa shape index (κ3) is 3.97. The third-order valence-corrected chi connectivity index (χ3v) is 4.61. The summed E-state index contributed by atoms with van der Waals surface area (Å²) in [4.78, 5) is 14.5. The summed E-state index contributed by atoms with van der Waals surface area (Å²) < 4.78 is 5.53. The van der Waals surface area contributed by atoms with Crippen molar-refractivity contribution in [1.82, 2.24) is 4.90 Å². The zero-order valence-corrected chi connectivity index (χ0v) is 12.5. The quantitative estimate of drug-likeness (QED) is 0.923. The van der Waals surface area contributed by atoms with Crippen molar-refractivity contribution < 1.29 is 9.53 Å². The van der Waals surface area contributed by atoms with E-state index in [1.165, 1.54) is 25.7 Å². The van der Waals surface area contributed by atoms with Crippen LogP contribution in [0.5, 0.6) is 0 Å². The second-order valence-corrected chi connectivity index (χ2v) is 6.07. The van der Waals surface area contributed by atoms with Gasteiger partial charge in [-0.2, -0.15) is 0 Å². The van der Waals surface area contributed by atoms with Crippen LogP contribution in [0.1, 0.15) is 38.5 Å². The fraction of sp³-hybridized carbons (Fsp3) is 0.588. The lowest BCUT2D eigenvalue weighted by molar-refractivity contribution is 0.0453. The van der Waals surface area contributed by atoms with Gasteiger partial charge in [-0.3, -0.25) is 5.32 Å². The molecule has 1 N–H and O–H groups in total. The number of carbonyl (C=O) groups is 1. The largest absolute Gasteiger partial charge is 0.446 e. The lowest BCUT2D eigenvalue weighted by atomic mass is 10.0. The molecule has 0 atom stereocenters. The molecule has 21 heavy (non-hydrogen) atoms. The number of benzene rings is 1. The summed E-state index contributed by atoms with van der Waals surface area (Å²) in [6.45, 7) is 2.13. The van der Waals surface area contributed by atoms with Gasteiger partial charge in [0.15, 0.2) is 0 Å². The zero-order valence-electron chi connectivity index (χ0n) is 12.5. The van der Waals surface area contributed by atoms with Crippen LogP contribution < -0.4 is 5.32 Å². The Balaban J connectivity index is 1.41. The standard InChI is InChI=1S/C17H24N2O2/c20-17(18-14-6-2-1-3-7-14)21-16-10-12-19(13-11-16)15-8-4-5-9-15/h1-3,6-7,15-16H,4-5,8-13H2,(H,18,20). The molecule has 1 aliphatic carbocycles. The summed E-state index contributed by atoms with van der Waals surface area (Å²) in [6, 6.07) is 10.2. The van der Waals surface area contributed by atoms with Crippen molar-refractivity contribution in [3.05, 3.63) is 30.3 Å². The van der Waals surface area contributed by atoms with Gasteiger partial charge in [0, 0.05) is 24.8 Å². The number of carbonyl (C=O) groups excluding carboxylic acids is 1. The minimum Gasteiger partial charge on any atom is -0.446 e. The molecule has 3 rings (SSSR count). The van der Waals surface area contributed by atoms with Gasteiger partial charge in [-0.1, -0.05) is 31.0 Å². The maximum absolute atomic E-state index is 11.9. The number of ether oxygens (including phenoxy) is 1. The molecule has 1 aromatic rings. The van der Waals surface area contributed by atoms with Crippen molar-refractivity contribution in [3.8, 4) is 0 Å². The van der Waals surface area contributed by atoms with Crippen LogP contribution in [0, 0.1) is 0 Å². The highest BCUT2D eigenvalue weighted by atomic mass is 16.6. The van der Waals surface area contributed by atoms with Crippen LogP contribution in [-0.4, -0.2) is 36.2 Å². The van der Waals surface area contributed by atoms with E-state index in [0.29, 0.717) is 0 Å². The van der Waals surface area contributed by atoms with E-state index in [0.717, 1.165) is 37.7 Å². The SMILES string of the molecule is O=C(Nc1ccccc1)OC1CCN(C2CCCC2)CC1. The maximum Gasteiger partial charge on any atom is 0.411 e. The lowest BCUT2D eigenvalue weighted by Gasteiger charge is -2.35. The van der Waals surface area contributed by atoms with E-state index in [9.17, 15) is 4.79 Å². The van der Waals surface area contributed by atoms with Crippen LogP contribution in [0.2, 0.25) is 0 Å². The van der Waals surface area contributed by atoms with Crippen LogP contribution in [0.4, 0.5) is 10.5 Å². The van der Waals surface area contributed by atoms with Crippen molar-refractivity contribution in [2.45, 2.75) is 50.7 Å². The van der Waals surface area contributed by atoms with Gasteiger partial charge in [0.05, 0.1) is 0 Å². The summed E-state index contributed by atoms with van der Waals surface area (Å²) in [5.74, 6) is 0. The average molecular weight is 288 g/mol. The van der Waals surface area contributed by atoms with E-state index in [2.05, 4.69) is 10.2 Å². The van der Waals surface area contributed by atoms with Crippen molar-refractivity contribution >= 4 is 11.8 Å². The molecule has 1 aliphatic heterocycles. The van der Waals surface area contributed by atoms with Gasteiger partial charge >= 0.3 is 6.09 Å². The Morgan fingerprint density at radius 3 is 2.38 bits per heavy atom. The summed E-state index contributed by atoms with van der Waals surface area (Å²) in [6.07, 6.45) is 7.09. The molecule has 0 spiro atoms. The average Bonchev–Trinajstić information content (AvgIpc) is 3.03. The van der Waals surface area contributed by atoms with E-state index < -0.39 is 0 Å². The predicted molar refractivity (Wildman–Crippen MR) is 83.4 cm³/mol. The number of nitrogens with zero attached hydrogens (tertiary/aromatic N) is 1. The molecule has 1 aromatic carbocycles. The smallest absolute Gasteiger partial charge is 0.411 e. The van der Waals surface area contributed by atoms with Crippen LogP contribution in [0.25, 0.3) is 0 Å². The van der Waals surface area contributed by atoms with Crippen LogP contribution in [0.3, 0.4) is 0 Å². The number of piperidine rings is 1. The molecule has 0 aromatic heterocycles. The van der Waals surface area contributed by atoms with E-state index in [-0.39, 0.29) is 12.2 Å². The monoisotopic (exact) mass is 288 g/mol. The predicted octanol–water partition coefficient (Wildman–Crippen LogP) is 3.64. The highest BCUT2D eigenvalue weighted by Crippen LogP contribution is 2.26. The Kier molecular flexibility index (Phi) is 4.76. The topological polar surface area (TPSA) is 41.6 Å². The number of likely N-dealkylation sites (tertiary alicyclic amines) is 1. The maximum atomic E-state index is 11.9. The number of nitrogens with one attached hydrogen (secondary N) is 1. The molecule has 114 valence electrons. The van der Waals surface area contributed by atoms with Gasteiger partial charge in [-0.05, 0) is 37.8 Å². The van der Waals surface area contributed by atoms with E-state index >= 15 is 0 Å². The van der Waals surface area contributed by atoms with E-state index in [1.807, 2.05) is 30.3 Å². The minimum absolute atomic E-state index is 0.0614.